The first-order valence-corrected chi connectivity index (χ1v) is 10.00. The van der Waals surface area contributed by atoms with Crippen LogP contribution >= 0.6 is 11.6 Å². The number of nitro benzene ring substituents is 1. The highest BCUT2D eigenvalue weighted by molar-refractivity contribution is 7.89. The molecule has 0 saturated carbocycles. The van der Waals surface area contributed by atoms with Crippen LogP contribution in [0.25, 0.3) is 0 Å². The van der Waals surface area contributed by atoms with Gasteiger partial charge in [-0.3, -0.25) is 14.9 Å². The average molecular weight is 428 g/mol. The number of ether oxygens (including phenoxy) is 1. The molecule has 28 heavy (non-hydrogen) atoms. The zero-order valence-electron chi connectivity index (χ0n) is 15.0. The molecule has 1 amide bonds. The fourth-order valence-electron chi connectivity index (χ4n) is 2.22. The van der Waals surface area contributed by atoms with Crippen LogP contribution in [0, 0.1) is 10.1 Å². The number of non-ortho nitro benzene ring substituents is 1. The van der Waals surface area contributed by atoms with E-state index in [0.717, 1.165) is 0 Å². The van der Waals surface area contributed by atoms with Gasteiger partial charge in [-0.1, -0.05) is 17.7 Å². The Labute approximate surface area is 166 Å². The lowest BCUT2D eigenvalue weighted by atomic mass is 10.2. The van der Waals surface area contributed by atoms with Crippen LogP contribution < -0.4 is 14.8 Å². The van der Waals surface area contributed by atoms with Crippen molar-refractivity contribution < 1.29 is 22.9 Å². The minimum absolute atomic E-state index is 0.124. The molecule has 2 aromatic rings. The number of carbonyl (C=O) groups is 1. The Kier molecular flexibility index (Phi) is 6.95. The van der Waals surface area contributed by atoms with E-state index in [9.17, 15) is 23.3 Å². The average Bonchev–Trinajstić information content (AvgIpc) is 2.63. The van der Waals surface area contributed by atoms with E-state index < -0.39 is 26.9 Å². The smallest absolute Gasteiger partial charge is 0.271 e. The van der Waals surface area contributed by atoms with Crippen molar-refractivity contribution in [3.63, 3.8) is 0 Å². The second-order valence-electron chi connectivity index (χ2n) is 5.66. The zero-order chi connectivity index (χ0) is 20.9. The summed E-state index contributed by atoms with van der Waals surface area (Å²) in [5.41, 5.74) is -0.0237. The van der Waals surface area contributed by atoms with E-state index in [1.54, 1.807) is 6.92 Å². The highest BCUT2D eigenvalue weighted by atomic mass is 35.5. The Morgan fingerprint density at radius 3 is 2.61 bits per heavy atom. The lowest BCUT2D eigenvalue weighted by molar-refractivity contribution is -0.384. The van der Waals surface area contributed by atoms with E-state index in [1.165, 1.54) is 49.4 Å². The summed E-state index contributed by atoms with van der Waals surface area (Å²) in [5.74, 6) is -0.333. The number of rotatable bonds is 8. The van der Waals surface area contributed by atoms with Crippen molar-refractivity contribution >= 4 is 38.9 Å². The number of nitro groups is 1. The molecule has 0 aromatic heterocycles. The molecule has 0 bridgehead atoms. The van der Waals surface area contributed by atoms with Gasteiger partial charge in [0.2, 0.25) is 15.9 Å². The van der Waals surface area contributed by atoms with Gasteiger partial charge in [-0.15, -0.1) is 0 Å². The molecule has 0 saturated heterocycles. The molecule has 1 atom stereocenters. The first-order valence-electron chi connectivity index (χ1n) is 8.14. The molecular weight excluding hydrogens is 410 g/mol. The number of carbonyl (C=O) groups excluding carboxylic acids is 1. The lowest BCUT2D eigenvalue weighted by Crippen LogP contribution is -2.41. The van der Waals surface area contributed by atoms with Gasteiger partial charge in [0, 0.05) is 17.8 Å². The normalized spacial score (nSPS) is 12.2. The van der Waals surface area contributed by atoms with Crippen molar-refractivity contribution in [3.8, 4) is 5.75 Å². The van der Waals surface area contributed by atoms with E-state index in [0.29, 0.717) is 12.4 Å². The molecule has 0 heterocycles. The first-order chi connectivity index (χ1) is 13.1. The predicted molar refractivity (Wildman–Crippen MR) is 104 cm³/mol. The maximum absolute atomic E-state index is 12.5. The number of halogens is 1. The first kappa shape index (κ1) is 21.6. The molecule has 11 heteroatoms. The summed E-state index contributed by atoms with van der Waals surface area (Å²) < 4.78 is 32.5. The van der Waals surface area contributed by atoms with Gasteiger partial charge in [-0.05, 0) is 38.1 Å². The van der Waals surface area contributed by atoms with Gasteiger partial charge in [-0.2, -0.15) is 4.72 Å². The Morgan fingerprint density at radius 1 is 1.29 bits per heavy atom. The van der Waals surface area contributed by atoms with Crippen LogP contribution in [-0.4, -0.2) is 31.9 Å². The van der Waals surface area contributed by atoms with Gasteiger partial charge in [0.05, 0.1) is 27.5 Å². The van der Waals surface area contributed by atoms with Crippen molar-refractivity contribution in [1.82, 2.24) is 4.72 Å². The van der Waals surface area contributed by atoms with E-state index in [1.807, 2.05) is 0 Å². The summed E-state index contributed by atoms with van der Waals surface area (Å²) in [6.07, 6.45) is 0. The summed E-state index contributed by atoms with van der Waals surface area (Å²) in [6.45, 7) is 3.49. The molecule has 0 fully saturated rings. The van der Waals surface area contributed by atoms with E-state index in [2.05, 4.69) is 10.0 Å². The van der Waals surface area contributed by atoms with Crippen molar-refractivity contribution in [3.05, 3.63) is 57.6 Å². The van der Waals surface area contributed by atoms with E-state index in [4.69, 9.17) is 16.3 Å². The molecule has 0 unspecified atom stereocenters. The second-order valence-corrected chi connectivity index (χ2v) is 7.79. The second kappa shape index (κ2) is 9.00. The molecule has 0 radical (unpaired) electrons. The number of nitrogens with one attached hydrogen (secondary N) is 2. The van der Waals surface area contributed by atoms with Gasteiger partial charge < -0.3 is 10.1 Å². The quantitative estimate of drug-likeness (QED) is 0.492. The van der Waals surface area contributed by atoms with Gasteiger partial charge >= 0.3 is 0 Å². The number of benzene rings is 2. The maximum atomic E-state index is 12.5. The van der Waals surface area contributed by atoms with Gasteiger partial charge in [0.25, 0.3) is 5.69 Å². The van der Waals surface area contributed by atoms with Gasteiger partial charge in [0.15, 0.2) is 0 Å². The molecule has 2 rings (SSSR count). The molecule has 2 N–H and O–H groups in total. The number of nitrogens with zero attached hydrogens (tertiary/aromatic N) is 1. The van der Waals surface area contributed by atoms with Crippen molar-refractivity contribution in [2.75, 3.05) is 11.9 Å². The number of amides is 1. The van der Waals surface area contributed by atoms with Crippen molar-refractivity contribution in [2.45, 2.75) is 24.8 Å². The Balaban J connectivity index is 2.11. The van der Waals surface area contributed by atoms with Crippen molar-refractivity contribution in [2.24, 2.45) is 0 Å². The van der Waals surface area contributed by atoms with Crippen LogP contribution in [0.5, 0.6) is 5.75 Å². The fraction of sp³-hybridized carbons (Fsp3) is 0.235. The van der Waals surface area contributed by atoms with Crippen LogP contribution in [0.1, 0.15) is 13.8 Å². The van der Waals surface area contributed by atoms with Crippen LogP contribution in [0.15, 0.2) is 47.4 Å². The molecular formula is C17H18ClN3O6S. The third-order valence-corrected chi connectivity index (χ3v) is 5.40. The molecule has 0 spiro atoms. The topological polar surface area (TPSA) is 128 Å². The highest BCUT2D eigenvalue weighted by Gasteiger charge is 2.23. The number of sulfonamides is 1. The summed E-state index contributed by atoms with van der Waals surface area (Å²) in [7, 11) is -4.03. The standard InChI is InChI=1S/C17H18ClN3O6S/c1-3-27-16-8-7-14(10-15(16)18)28(25,26)20-11(2)17(22)19-12-5-4-6-13(9-12)21(23)24/h4-11,20H,3H2,1-2H3,(H,19,22)/t11-/m1/s1. The Hall–Kier alpha value is -2.69. The SMILES string of the molecule is CCOc1ccc(S(=O)(=O)N[C@H](C)C(=O)Nc2cccc([N+](=O)[O-])c2)cc1Cl. The largest absolute Gasteiger partial charge is 0.492 e. The molecule has 0 aliphatic rings. The summed E-state index contributed by atoms with van der Waals surface area (Å²) in [6, 6.07) is 8.12. The van der Waals surface area contributed by atoms with Crippen LogP contribution in [0.2, 0.25) is 5.02 Å². The van der Waals surface area contributed by atoms with Gasteiger partial charge in [-0.25, -0.2) is 8.42 Å². The van der Waals surface area contributed by atoms with E-state index >= 15 is 0 Å². The van der Waals surface area contributed by atoms with Crippen molar-refractivity contribution in [1.29, 1.82) is 0 Å². The third kappa shape index (κ3) is 5.41. The predicted octanol–water partition coefficient (Wildman–Crippen LogP) is 2.95. The van der Waals surface area contributed by atoms with Gasteiger partial charge in [0.1, 0.15) is 5.75 Å². The summed E-state index contributed by atoms with van der Waals surface area (Å²) in [4.78, 5) is 22.3. The minimum atomic E-state index is -4.03. The minimum Gasteiger partial charge on any atom is -0.492 e. The van der Waals surface area contributed by atoms with Crippen LogP contribution in [0.4, 0.5) is 11.4 Å². The monoisotopic (exact) mass is 427 g/mol. The number of hydrogen-bond acceptors (Lipinski definition) is 6. The molecule has 9 nitrogen and oxygen atoms in total. The highest BCUT2D eigenvalue weighted by Crippen LogP contribution is 2.27. The molecule has 2 aromatic carbocycles. The number of hydrogen-bond donors (Lipinski definition) is 2. The fourth-order valence-corrected chi connectivity index (χ4v) is 3.75. The van der Waals surface area contributed by atoms with Crippen LogP contribution in [0.3, 0.4) is 0 Å². The zero-order valence-corrected chi connectivity index (χ0v) is 16.6. The molecule has 150 valence electrons. The third-order valence-electron chi connectivity index (χ3n) is 3.56. The lowest BCUT2D eigenvalue weighted by Gasteiger charge is -2.15. The molecule has 0 aliphatic carbocycles. The Morgan fingerprint density at radius 2 is 2.00 bits per heavy atom. The summed E-state index contributed by atoms with van der Waals surface area (Å²) in [5, 5.41) is 13.3. The Bertz CT molecular complexity index is 996. The number of anilines is 1. The molecule has 0 aliphatic heterocycles. The van der Waals surface area contributed by atoms with E-state index in [-0.39, 0.29) is 21.3 Å². The van der Waals surface area contributed by atoms with Crippen LogP contribution in [-0.2, 0) is 14.8 Å². The summed E-state index contributed by atoms with van der Waals surface area (Å²) >= 11 is 6.01. The maximum Gasteiger partial charge on any atom is 0.271 e.